The first-order valence-electron chi connectivity index (χ1n) is 6.29. The summed E-state index contributed by atoms with van der Waals surface area (Å²) in [4.78, 5) is 16.1. The van der Waals surface area contributed by atoms with Crippen LogP contribution in [-0.2, 0) is 9.63 Å². The Morgan fingerprint density at radius 1 is 1.43 bits per heavy atom. The van der Waals surface area contributed by atoms with Crippen LogP contribution in [0.25, 0.3) is 11.3 Å². The fraction of sp³-hybridized carbons (Fsp3) is 0.214. The van der Waals surface area contributed by atoms with Crippen LogP contribution in [-0.4, -0.2) is 33.3 Å². The topological polar surface area (TPSA) is 76.7 Å². The number of benzene rings is 1. The highest BCUT2D eigenvalue weighted by Crippen LogP contribution is 2.21. The molecule has 7 heteroatoms. The van der Waals surface area contributed by atoms with Crippen molar-refractivity contribution in [3.05, 3.63) is 41.0 Å². The minimum atomic E-state index is -1.21. The Balaban J connectivity index is 2.42. The summed E-state index contributed by atoms with van der Waals surface area (Å²) in [7, 11) is 0. The molecule has 0 saturated heterocycles. The molecule has 0 unspecified atom stereocenters. The van der Waals surface area contributed by atoms with Gasteiger partial charge in [0.2, 0.25) is 0 Å². The molecule has 1 heterocycles. The lowest BCUT2D eigenvalue weighted by Crippen LogP contribution is -2.25. The van der Waals surface area contributed by atoms with Crippen molar-refractivity contribution in [2.24, 2.45) is 5.16 Å². The van der Waals surface area contributed by atoms with E-state index in [1.54, 1.807) is 32.0 Å². The first-order valence-corrected chi connectivity index (χ1v) is 6.67. The summed E-state index contributed by atoms with van der Waals surface area (Å²) in [6.07, 6.45) is 0. The Bertz CT molecular complexity index is 677. The predicted molar refractivity (Wildman–Crippen MR) is 79.5 cm³/mol. The van der Waals surface area contributed by atoms with Crippen molar-refractivity contribution in [2.75, 3.05) is 6.61 Å². The van der Waals surface area contributed by atoms with E-state index in [2.05, 4.69) is 10.3 Å². The zero-order valence-corrected chi connectivity index (χ0v) is 12.3. The first-order chi connectivity index (χ1) is 10.0. The molecule has 6 nitrogen and oxygen atoms in total. The molecule has 1 aromatic carbocycles. The van der Waals surface area contributed by atoms with Gasteiger partial charge in [-0.25, -0.2) is 9.48 Å². The van der Waals surface area contributed by atoms with Crippen LogP contribution in [0.3, 0.4) is 0 Å². The van der Waals surface area contributed by atoms with Gasteiger partial charge in [-0.1, -0.05) is 28.9 Å². The molecule has 0 amide bonds. The van der Waals surface area contributed by atoms with Crippen LogP contribution in [0.15, 0.2) is 35.5 Å². The summed E-state index contributed by atoms with van der Waals surface area (Å²) in [5.74, 6) is -1.49. The quantitative estimate of drug-likeness (QED) is 0.537. The Hall–Kier alpha value is -2.34. The molecule has 0 radical (unpaired) electrons. The second-order valence-corrected chi connectivity index (χ2v) is 4.66. The van der Waals surface area contributed by atoms with E-state index in [0.29, 0.717) is 16.4 Å². The summed E-state index contributed by atoms with van der Waals surface area (Å²) in [6, 6.07) is 8.89. The van der Waals surface area contributed by atoms with Crippen LogP contribution in [0.2, 0.25) is 5.02 Å². The van der Waals surface area contributed by atoms with Gasteiger partial charge < -0.3 is 9.94 Å². The average Bonchev–Trinajstić information content (AvgIpc) is 2.82. The molecule has 2 rings (SSSR count). The molecule has 0 aliphatic rings. The number of oxime groups is 1. The van der Waals surface area contributed by atoms with E-state index in [9.17, 15) is 9.90 Å². The molecule has 1 aromatic heterocycles. The third-order valence-corrected chi connectivity index (χ3v) is 2.95. The average molecular weight is 308 g/mol. The minimum Gasteiger partial charge on any atom is -0.475 e. The number of aliphatic carboxylic acids is 1. The highest BCUT2D eigenvalue weighted by molar-refractivity contribution is 6.35. The number of hydrogen-bond acceptors (Lipinski definition) is 4. The monoisotopic (exact) mass is 307 g/mol. The van der Waals surface area contributed by atoms with E-state index in [0.717, 1.165) is 5.56 Å². The number of halogens is 1. The van der Waals surface area contributed by atoms with Crippen LogP contribution in [0, 0.1) is 6.92 Å². The maximum absolute atomic E-state index is 11.3. The molecule has 21 heavy (non-hydrogen) atoms. The SMILES string of the molecule is CCON=C(C(=O)O)n1nc(-c2ccc(Cl)cc2)cc1C. The standard InChI is InChI=1S/C14H14ClN3O3/c1-3-21-17-13(14(19)20)18-9(2)8-12(16-18)10-4-6-11(15)7-5-10/h4-8H,3H2,1-2H3,(H,19,20). The number of nitrogens with zero attached hydrogens (tertiary/aromatic N) is 3. The number of carboxylic acid groups (broad SMARTS) is 1. The third-order valence-electron chi connectivity index (χ3n) is 2.70. The summed E-state index contributed by atoms with van der Waals surface area (Å²) >= 11 is 5.85. The Kier molecular flexibility index (Phi) is 4.59. The summed E-state index contributed by atoms with van der Waals surface area (Å²) in [5.41, 5.74) is 2.11. The van der Waals surface area contributed by atoms with E-state index < -0.39 is 5.97 Å². The van der Waals surface area contributed by atoms with E-state index in [4.69, 9.17) is 16.4 Å². The largest absolute Gasteiger partial charge is 0.475 e. The lowest BCUT2D eigenvalue weighted by Gasteiger charge is -2.03. The van der Waals surface area contributed by atoms with Crippen molar-refractivity contribution >= 4 is 23.4 Å². The van der Waals surface area contributed by atoms with Gasteiger partial charge in [0.15, 0.2) is 0 Å². The highest BCUT2D eigenvalue weighted by atomic mass is 35.5. The molecule has 1 N–H and O–H groups in total. The van der Waals surface area contributed by atoms with Gasteiger partial charge in [-0.3, -0.25) is 0 Å². The van der Waals surface area contributed by atoms with Crippen molar-refractivity contribution in [1.82, 2.24) is 9.78 Å². The number of aryl methyl sites for hydroxylation is 1. The minimum absolute atomic E-state index is 0.279. The lowest BCUT2D eigenvalue weighted by atomic mass is 10.1. The zero-order valence-electron chi connectivity index (χ0n) is 11.6. The van der Waals surface area contributed by atoms with E-state index in [-0.39, 0.29) is 12.4 Å². The van der Waals surface area contributed by atoms with Crippen molar-refractivity contribution in [3.63, 3.8) is 0 Å². The van der Waals surface area contributed by atoms with Crippen LogP contribution >= 0.6 is 11.6 Å². The fourth-order valence-corrected chi connectivity index (χ4v) is 1.87. The molecule has 110 valence electrons. The number of rotatable bonds is 3. The number of carbonyl (C=O) groups is 1. The van der Waals surface area contributed by atoms with Gasteiger partial charge in [0.05, 0.1) is 5.69 Å². The van der Waals surface area contributed by atoms with Gasteiger partial charge in [0, 0.05) is 16.3 Å². The number of carboxylic acids is 1. The zero-order chi connectivity index (χ0) is 15.4. The highest BCUT2D eigenvalue weighted by Gasteiger charge is 2.18. The van der Waals surface area contributed by atoms with Crippen molar-refractivity contribution in [1.29, 1.82) is 0 Å². The Labute approximate surface area is 126 Å². The van der Waals surface area contributed by atoms with Crippen LogP contribution in [0.5, 0.6) is 0 Å². The van der Waals surface area contributed by atoms with Gasteiger partial charge >= 0.3 is 5.97 Å². The molecule has 0 aliphatic heterocycles. The van der Waals surface area contributed by atoms with Crippen LogP contribution in [0.4, 0.5) is 0 Å². The molecular weight excluding hydrogens is 294 g/mol. The number of aromatic nitrogens is 2. The molecule has 0 atom stereocenters. The summed E-state index contributed by atoms with van der Waals surface area (Å²) in [5, 5.41) is 17.7. The molecule has 2 aromatic rings. The summed E-state index contributed by atoms with van der Waals surface area (Å²) < 4.78 is 1.24. The van der Waals surface area contributed by atoms with E-state index >= 15 is 0 Å². The van der Waals surface area contributed by atoms with Gasteiger partial charge in [-0.15, -0.1) is 0 Å². The number of hydrogen-bond donors (Lipinski definition) is 1. The van der Waals surface area contributed by atoms with Gasteiger partial charge in [-0.2, -0.15) is 5.10 Å². The maximum Gasteiger partial charge on any atom is 0.377 e. The van der Waals surface area contributed by atoms with Crippen LogP contribution in [0.1, 0.15) is 12.6 Å². The maximum atomic E-state index is 11.3. The van der Waals surface area contributed by atoms with Crippen molar-refractivity contribution < 1.29 is 14.7 Å². The molecule has 0 fully saturated rings. The Morgan fingerprint density at radius 3 is 2.67 bits per heavy atom. The second-order valence-electron chi connectivity index (χ2n) is 4.23. The third kappa shape index (κ3) is 3.41. The fourth-order valence-electron chi connectivity index (χ4n) is 1.74. The second kappa shape index (κ2) is 6.41. The first kappa shape index (κ1) is 15.1. The van der Waals surface area contributed by atoms with Crippen LogP contribution < -0.4 is 0 Å². The molecule has 0 spiro atoms. The predicted octanol–water partition coefficient (Wildman–Crippen LogP) is 2.79. The molecule has 0 saturated carbocycles. The smallest absolute Gasteiger partial charge is 0.377 e. The summed E-state index contributed by atoms with van der Waals surface area (Å²) in [6.45, 7) is 3.75. The van der Waals surface area contributed by atoms with E-state index in [1.807, 2.05) is 12.1 Å². The normalized spacial score (nSPS) is 11.5. The molecule has 0 aliphatic carbocycles. The van der Waals surface area contributed by atoms with Gasteiger partial charge in [0.25, 0.3) is 5.84 Å². The Morgan fingerprint density at radius 2 is 2.10 bits per heavy atom. The molecular formula is C14H14ClN3O3. The molecule has 0 bridgehead atoms. The van der Waals surface area contributed by atoms with Gasteiger partial charge in [-0.05, 0) is 32.0 Å². The van der Waals surface area contributed by atoms with Crippen molar-refractivity contribution in [3.8, 4) is 11.3 Å². The van der Waals surface area contributed by atoms with Crippen molar-refractivity contribution in [2.45, 2.75) is 13.8 Å². The lowest BCUT2D eigenvalue weighted by molar-refractivity contribution is -0.129. The van der Waals surface area contributed by atoms with Gasteiger partial charge in [0.1, 0.15) is 6.61 Å². The van der Waals surface area contributed by atoms with E-state index in [1.165, 1.54) is 4.68 Å².